The summed E-state index contributed by atoms with van der Waals surface area (Å²) in [4.78, 5) is 0. The van der Waals surface area contributed by atoms with E-state index in [-0.39, 0.29) is 0 Å². The molecular weight excluding hydrogens is 302 g/mol. The molecule has 0 aliphatic heterocycles. The largest absolute Gasteiger partial charge is 0.398 e. The molecule has 0 heterocycles. The van der Waals surface area contributed by atoms with Crippen molar-refractivity contribution in [3.05, 3.63) is 95.6 Å². The highest BCUT2D eigenvalue weighted by Crippen LogP contribution is 2.35. The van der Waals surface area contributed by atoms with E-state index in [4.69, 9.17) is 5.73 Å². The van der Waals surface area contributed by atoms with Crippen LogP contribution in [-0.4, -0.2) is 0 Å². The highest BCUT2D eigenvalue weighted by atomic mass is 14.6. The second-order valence-corrected chi connectivity index (χ2v) is 6.88. The fraction of sp³-hybridized carbons (Fsp3) is 0.250. The Bertz CT molecular complexity index is 804. The maximum absolute atomic E-state index is 6.41. The van der Waals surface area contributed by atoms with Crippen molar-refractivity contribution in [2.24, 2.45) is 5.73 Å². The number of hydrogen-bond acceptors (Lipinski definition) is 1. The van der Waals surface area contributed by atoms with Crippen molar-refractivity contribution in [1.29, 1.82) is 0 Å². The molecule has 25 heavy (non-hydrogen) atoms. The van der Waals surface area contributed by atoms with Gasteiger partial charge in [-0.1, -0.05) is 80.1 Å². The molecule has 0 aromatic heterocycles. The van der Waals surface area contributed by atoms with Gasteiger partial charge in [-0.25, -0.2) is 0 Å². The van der Waals surface area contributed by atoms with E-state index < -0.39 is 0 Å². The van der Waals surface area contributed by atoms with E-state index in [1.807, 2.05) is 24.3 Å². The Kier molecular flexibility index (Phi) is 5.55. The number of benzene rings is 2. The third-order valence-corrected chi connectivity index (χ3v) is 5.11. The van der Waals surface area contributed by atoms with E-state index in [0.717, 1.165) is 16.8 Å². The van der Waals surface area contributed by atoms with Crippen LogP contribution in [-0.2, 0) is 0 Å². The molecule has 2 aromatic carbocycles. The summed E-state index contributed by atoms with van der Waals surface area (Å²) < 4.78 is 0. The van der Waals surface area contributed by atoms with Crippen LogP contribution in [0.15, 0.2) is 73.3 Å². The quantitative estimate of drug-likeness (QED) is 0.647. The van der Waals surface area contributed by atoms with Crippen molar-refractivity contribution in [2.75, 3.05) is 0 Å². The summed E-state index contributed by atoms with van der Waals surface area (Å²) in [6.45, 7) is 5.97. The molecule has 128 valence electrons. The first kappa shape index (κ1) is 17.3. The van der Waals surface area contributed by atoms with Gasteiger partial charge in [-0.05, 0) is 54.0 Å². The summed E-state index contributed by atoms with van der Waals surface area (Å²) in [5.74, 6) is 0.711. The minimum Gasteiger partial charge on any atom is -0.398 e. The van der Waals surface area contributed by atoms with Crippen LogP contribution in [0.3, 0.4) is 0 Å². The Balaban J connectivity index is 1.95. The van der Waals surface area contributed by atoms with Crippen LogP contribution in [0.4, 0.5) is 0 Å². The second-order valence-electron chi connectivity index (χ2n) is 6.88. The Morgan fingerprint density at radius 2 is 1.84 bits per heavy atom. The first-order valence-corrected chi connectivity index (χ1v) is 9.15. The third kappa shape index (κ3) is 4.11. The van der Waals surface area contributed by atoms with Gasteiger partial charge in [0, 0.05) is 11.3 Å². The van der Waals surface area contributed by atoms with E-state index in [2.05, 4.69) is 56.0 Å². The fourth-order valence-corrected chi connectivity index (χ4v) is 3.73. The molecule has 2 aromatic rings. The smallest absolute Gasteiger partial charge is 0.0396 e. The van der Waals surface area contributed by atoms with Crippen LogP contribution in [0.2, 0.25) is 0 Å². The van der Waals surface area contributed by atoms with Crippen LogP contribution in [0.1, 0.15) is 53.9 Å². The summed E-state index contributed by atoms with van der Waals surface area (Å²) in [6.07, 6.45) is 11.3. The van der Waals surface area contributed by atoms with Gasteiger partial charge in [0.15, 0.2) is 0 Å². The lowest BCUT2D eigenvalue weighted by molar-refractivity contribution is 0.723. The van der Waals surface area contributed by atoms with Crippen molar-refractivity contribution in [2.45, 2.75) is 38.5 Å². The first-order valence-electron chi connectivity index (χ1n) is 9.15. The third-order valence-electron chi connectivity index (χ3n) is 5.11. The molecule has 0 unspecified atom stereocenters. The maximum Gasteiger partial charge on any atom is 0.0396 e. The highest BCUT2D eigenvalue weighted by molar-refractivity contribution is 5.84. The van der Waals surface area contributed by atoms with Gasteiger partial charge in [0.1, 0.15) is 0 Å². The van der Waals surface area contributed by atoms with Crippen molar-refractivity contribution in [3.8, 4) is 0 Å². The summed E-state index contributed by atoms with van der Waals surface area (Å²) in [6, 6.07) is 17.1. The maximum atomic E-state index is 6.41. The van der Waals surface area contributed by atoms with Gasteiger partial charge in [-0.3, -0.25) is 0 Å². The predicted octanol–water partition coefficient (Wildman–Crippen LogP) is 6.22. The number of allylic oxidation sites excluding steroid dienone is 4. The highest BCUT2D eigenvalue weighted by Gasteiger charge is 2.17. The monoisotopic (exact) mass is 329 g/mol. The zero-order valence-electron chi connectivity index (χ0n) is 15.0. The standard InChI is InChI=1S/C24H27N/c1-3-9-20(17-24(25)23-15-7-4-10-18(23)2)22-14-8-13-21(16-22)19-11-5-6-12-19/h3-4,7-10,13-17,19H,1,5-6,11-12,25H2,2H3/b20-9+,24-17-. The zero-order chi connectivity index (χ0) is 17.6. The number of aryl methyl sites for hydroxylation is 1. The van der Waals surface area contributed by atoms with E-state index in [9.17, 15) is 0 Å². The van der Waals surface area contributed by atoms with E-state index in [1.165, 1.54) is 42.4 Å². The Morgan fingerprint density at radius 3 is 2.56 bits per heavy atom. The molecule has 0 atom stereocenters. The molecule has 2 N–H and O–H groups in total. The molecule has 3 rings (SSSR count). The topological polar surface area (TPSA) is 26.0 Å². The molecule has 1 fully saturated rings. The van der Waals surface area contributed by atoms with Crippen molar-refractivity contribution >= 4 is 11.3 Å². The lowest BCUT2D eigenvalue weighted by atomic mass is 9.93. The molecule has 0 spiro atoms. The zero-order valence-corrected chi connectivity index (χ0v) is 15.0. The summed E-state index contributed by atoms with van der Waals surface area (Å²) in [5.41, 5.74) is 13.2. The van der Waals surface area contributed by atoms with Crippen LogP contribution >= 0.6 is 0 Å². The summed E-state index contributed by atoms with van der Waals surface area (Å²) >= 11 is 0. The van der Waals surface area contributed by atoms with Gasteiger partial charge in [0.2, 0.25) is 0 Å². The molecule has 0 bridgehead atoms. The molecule has 1 aliphatic carbocycles. The number of hydrogen-bond donors (Lipinski definition) is 1. The molecule has 1 aliphatic rings. The molecule has 1 heteroatoms. The van der Waals surface area contributed by atoms with Crippen molar-refractivity contribution < 1.29 is 0 Å². The molecule has 1 nitrogen and oxygen atoms in total. The van der Waals surface area contributed by atoms with Crippen molar-refractivity contribution in [1.82, 2.24) is 0 Å². The summed E-state index contributed by atoms with van der Waals surface area (Å²) in [5, 5.41) is 0. The second kappa shape index (κ2) is 8.02. The molecule has 0 radical (unpaired) electrons. The van der Waals surface area contributed by atoms with Gasteiger partial charge >= 0.3 is 0 Å². The van der Waals surface area contributed by atoms with E-state index >= 15 is 0 Å². The molecule has 0 amide bonds. The van der Waals surface area contributed by atoms with Crippen LogP contribution in [0.25, 0.3) is 11.3 Å². The van der Waals surface area contributed by atoms with Crippen LogP contribution in [0, 0.1) is 6.92 Å². The van der Waals surface area contributed by atoms with Crippen LogP contribution in [0.5, 0.6) is 0 Å². The van der Waals surface area contributed by atoms with Gasteiger partial charge in [-0.2, -0.15) is 0 Å². The Labute approximate surface area is 151 Å². The minimum atomic E-state index is 0.711. The Morgan fingerprint density at radius 1 is 1.08 bits per heavy atom. The average Bonchev–Trinajstić information content (AvgIpc) is 3.16. The number of rotatable bonds is 5. The first-order chi connectivity index (χ1) is 12.2. The SMILES string of the molecule is C=C/C=C(\C=C(/N)c1ccccc1C)c1cccc(C2CCCC2)c1. The lowest BCUT2D eigenvalue weighted by Gasteiger charge is -2.13. The fourth-order valence-electron chi connectivity index (χ4n) is 3.73. The molecule has 0 saturated heterocycles. The van der Waals surface area contributed by atoms with E-state index in [1.54, 1.807) is 0 Å². The van der Waals surface area contributed by atoms with Crippen molar-refractivity contribution in [3.63, 3.8) is 0 Å². The lowest BCUT2D eigenvalue weighted by Crippen LogP contribution is -2.00. The minimum absolute atomic E-state index is 0.711. The van der Waals surface area contributed by atoms with E-state index in [0.29, 0.717) is 5.92 Å². The van der Waals surface area contributed by atoms with Gasteiger partial charge in [-0.15, -0.1) is 0 Å². The predicted molar refractivity (Wildman–Crippen MR) is 109 cm³/mol. The van der Waals surface area contributed by atoms with Gasteiger partial charge in [0.25, 0.3) is 0 Å². The molecular formula is C24H27N. The average molecular weight is 329 g/mol. The van der Waals surface area contributed by atoms with Gasteiger partial charge in [0.05, 0.1) is 0 Å². The van der Waals surface area contributed by atoms with Gasteiger partial charge < -0.3 is 5.73 Å². The molecule has 1 saturated carbocycles. The summed E-state index contributed by atoms with van der Waals surface area (Å²) in [7, 11) is 0. The van der Waals surface area contributed by atoms with Crippen LogP contribution < -0.4 is 5.73 Å². The number of nitrogens with two attached hydrogens (primary N) is 1. The normalized spacial score (nSPS) is 16.2. The Hall–Kier alpha value is -2.54.